The summed E-state index contributed by atoms with van der Waals surface area (Å²) in [5, 5.41) is 12.4. The summed E-state index contributed by atoms with van der Waals surface area (Å²) in [6, 6.07) is 11.0. The fraction of sp³-hybridized carbons (Fsp3) is 0.705. The Labute approximate surface area is 338 Å². The normalized spacial score (nSPS) is 36.0. The molecule has 1 amide bonds. The number of Topliss-reactive ketones (excluding diaryl/α,β-unsaturated/α-hetero) is 2. The highest BCUT2D eigenvalue weighted by Gasteiger charge is 2.61. The molecule has 1 aromatic heterocycles. The Morgan fingerprint density at radius 1 is 0.930 bits per heavy atom. The van der Waals surface area contributed by atoms with E-state index in [4.69, 9.17) is 23.9 Å². The molecule has 0 radical (unpaired) electrons. The Morgan fingerprint density at radius 3 is 2.30 bits per heavy atom. The first kappa shape index (κ1) is 44.6. The fourth-order valence-electron chi connectivity index (χ4n) is 9.59. The van der Waals surface area contributed by atoms with Crippen LogP contribution in [0.5, 0.6) is 0 Å². The molecule has 13 nitrogen and oxygen atoms in total. The van der Waals surface area contributed by atoms with Gasteiger partial charge in [-0.1, -0.05) is 65.8 Å². The Balaban J connectivity index is 1.45. The van der Waals surface area contributed by atoms with Gasteiger partial charge >= 0.3 is 12.1 Å². The summed E-state index contributed by atoms with van der Waals surface area (Å²) in [7, 11) is 5.75. The molecule has 4 heterocycles. The van der Waals surface area contributed by atoms with Gasteiger partial charge in [0.25, 0.3) is 0 Å². The number of rotatable bonds is 10. The molecule has 3 aliphatic rings. The van der Waals surface area contributed by atoms with Gasteiger partial charge in [0.05, 0.1) is 29.5 Å². The van der Waals surface area contributed by atoms with Crippen LogP contribution in [-0.2, 0) is 39.9 Å². The van der Waals surface area contributed by atoms with E-state index in [1.54, 1.807) is 11.8 Å². The molecule has 316 valence electrons. The highest BCUT2D eigenvalue weighted by molar-refractivity contribution is 6.00. The van der Waals surface area contributed by atoms with E-state index in [2.05, 4.69) is 4.90 Å². The Hall–Kier alpha value is -3.49. The highest BCUT2D eigenvalue weighted by atomic mass is 16.7. The number of likely N-dealkylation sites (N-methyl/N-ethyl adjacent to an activating group) is 2. The van der Waals surface area contributed by atoms with E-state index >= 15 is 0 Å². The van der Waals surface area contributed by atoms with Crippen LogP contribution < -0.4 is 0 Å². The molecular weight excluding hydrogens is 729 g/mol. The Bertz CT molecular complexity index is 1740. The number of nitrogens with zero attached hydrogens (tertiary/aromatic N) is 4. The number of para-hydroxylation sites is 1. The number of amides is 1. The van der Waals surface area contributed by atoms with E-state index in [-0.39, 0.29) is 42.6 Å². The quantitative estimate of drug-likeness (QED) is 0.240. The average Bonchev–Trinajstić information content (AvgIpc) is 3.48. The van der Waals surface area contributed by atoms with Gasteiger partial charge in [0.2, 0.25) is 0 Å². The van der Waals surface area contributed by atoms with Crippen LogP contribution in [0, 0.1) is 29.6 Å². The first-order valence-corrected chi connectivity index (χ1v) is 20.9. The summed E-state index contributed by atoms with van der Waals surface area (Å²) in [6.07, 6.45) is -2.94. The summed E-state index contributed by atoms with van der Waals surface area (Å²) in [5.41, 5.74) is 0.465. The maximum Gasteiger partial charge on any atom is 0.410 e. The van der Waals surface area contributed by atoms with E-state index in [0.717, 1.165) is 16.6 Å². The van der Waals surface area contributed by atoms with Crippen molar-refractivity contribution >= 4 is 34.5 Å². The fourth-order valence-corrected chi connectivity index (χ4v) is 9.59. The summed E-state index contributed by atoms with van der Waals surface area (Å²) < 4.78 is 25.2. The lowest BCUT2D eigenvalue weighted by molar-refractivity contribution is -0.278. The van der Waals surface area contributed by atoms with Crippen LogP contribution in [0.25, 0.3) is 10.9 Å². The number of aliphatic hydroxyl groups excluding tert-OH is 1. The van der Waals surface area contributed by atoms with Gasteiger partial charge in [-0.2, -0.15) is 0 Å². The second-order valence-corrected chi connectivity index (χ2v) is 17.3. The Kier molecular flexibility index (Phi) is 14.6. The van der Waals surface area contributed by atoms with Crippen molar-refractivity contribution < 1.29 is 43.2 Å². The van der Waals surface area contributed by atoms with Crippen molar-refractivity contribution in [1.82, 2.24) is 19.7 Å². The minimum absolute atomic E-state index is 0.0683. The summed E-state index contributed by atoms with van der Waals surface area (Å²) in [5.74, 6) is -4.68. The van der Waals surface area contributed by atoms with Gasteiger partial charge in [-0.25, -0.2) is 4.79 Å². The number of cyclic esters (lactones) is 1. The third-order valence-electron chi connectivity index (χ3n) is 12.9. The van der Waals surface area contributed by atoms with Crippen molar-refractivity contribution in [2.24, 2.45) is 29.6 Å². The lowest BCUT2D eigenvalue weighted by Crippen LogP contribution is -2.59. The number of pyridine rings is 1. The molecule has 3 saturated heterocycles. The molecule has 1 aromatic carbocycles. The number of hydrogen-bond donors (Lipinski definition) is 1. The predicted octanol–water partition coefficient (Wildman–Crippen LogP) is 5.49. The lowest BCUT2D eigenvalue weighted by Gasteiger charge is -2.44. The molecule has 3 aliphatic heterocycles. The minimum Gasteiger partial charge on any atom is -0.457 e. The van der Waals surface area contributed by atoms with Crippen LogP contribution in [0.2, 0.25) is 0 Å². The van der Waals surface area contributed by atoms with Gasteiger partial charge in [0, 0.05) is 48.8 Å². The zero-order chi connectivity index (χ0) is 41.9. The van der Waals surface area contributed by atoms with Crippen molar-refractivity contribution in [3.8, 4) is 0 Å². The van der Waals surface area contributed by atoms with Crippen LogP contribution in [0.1, 0.15) is 86.8 Å². The molecule has 2 aromatic rings. The molecule has 13 heteroatoms. The van der Waals surface area contributed by atoms with Crippen molar-refractivity contribution in [2.75, 3.05) is 34.2 Å². The lowest BCUT2D eigenvalue weighted by atomic mass is 9.73. The zero-order valence-corrected chi connectivity index (χ0v) is 35.8. The molecule has 13 atom stereocenters. The van der Waals surface area contributed by atoms with Crippen molar-refractivity contribution in [3.63, 3.8) is 0 Å². The first-order valence-electron chi connectivity index (χ1n) is 20.9. The van der Waals surface area contributed by atoms with Gasteiger partial charge in [-0.15, -0.1) is 0 Å². The number of carbonyl (C=O) groups excluding carboxylic acids is 4. The van der Waals surface area contributed by atoms with Gasteiger partial charge in [-0.05, 0) is 78.7 Å². The molecule has 0 saturated carbocycles. The third-order valence-corrected chi connectivity index (χ3v) is 12.9. The van der Waals surface area contributed by atoms with E-state index in [1.807, 2.05) is 104 Å². The number of ether oxygens (including phenoxy) is 4. The second kappa shape index (κ2) is 18.6. The summed E-state index contributed by atoms with van der Waals surface area (Å²) >= 11 is 0. The molecule has 5 rings (SSSR count). The maximum atomic E-state index is 14.7. The molecule has 1 N–H and O–H groups in total. The van der Waals surface area contributed by atoms with Crippen molar-refractivity contribution in [1.29, 1.82) is 0 Å². The zero-order valence-electron chi connectivity index (χ0n) is 35.8. The third kappa shape index (κ3) is 9.38. The van der Waals surface area contributed by atoms with Crippen molar-refractivity contribution in [3.05, 3.63) is 42.1 Å². The number of aliphatic hydroxyl groups is 1. The number of fused-ring (bicyclic) bond motifs is 2. The number of ketones is 2. The number of benzene rings is 1. The minimum atomic E-state index is -1.33. The Morgan fingerprint density at radius 2 is 1.63 bits per heavy atom. The molecule has 0 aliphatic carbocycles. The van der Waals surface area contributed by atoms with Gasteiger partial charge in [0.1, 0.15) is 23.9 Å². The monoisotopic (exact) mass is 794 g/mol. The SMILES string of the molecule is CC[C@H]1OC(=O)[C@H](C)C(=O)[C@H](C)[C@@H](O[C@@H]2O[C@H](C)C[C@H](N(C)C)[C@H]2O)[C@@H](C)C[C@@H](C)C(=O)[C@H](C)C2N(CCN(C)Cc3ccc4ccccc4n3)C(=O)O[C@@]21CC. The van der Waals surface area contributed by atoms with E-state index in [1.165, 1.54) is 6.92 Å². The summed E-state index contributed by atoms with van der Waals surface area (Å²) in [6.45, 7) is 15.8. The van der Waals surface area contributed by atoms with E-state index < -0.39 is 72.0 Å². The molecule has 1 unspecified atom stereocenters. The molecule has 57 heavy (non-hydrogen) atoms. The van der Waals surface area contributed by atoms with Crippen LogP contribution in [0.4, 0.5) is 4.79 Å². The molecular formula is C44H66N4O9. The molecule has 0 bridgehead atoms. The standard InChI is InChI=1S/C44H66N4O9/c1-12-35-44(13-2)40(48(43(53)57-44)21-20-47(11)24-32-19-18-31-16-14-15-17-33(31)45-32)29(7)36(49)25(3)22-26(4)39(28(6)37(50)30(8)41(52)55-35)56-42-38(51)34(46(9)10)23-27(5)54-42/h14-19,25-30,34-35,38-40,42,51H,12-13,20-24H2,1-11H3/t25-,26+,27-,28+,29+,30-,34+,35-,38-,39+,40?,42+,44-/m1/s1. The average molecular weight is 795 g/mol. The highest BCUT2D eigenvalue weighted by Crippen LogP contribution is 2.44. The summed E-state index contributed by atoms with van der Waals surface area (Å²) in [4.78, 5) is 67.3. The largest absolute Gasteiger partial charge is 0.457 e. The molecule has 0 spiro atoms. The second-order valence-electron chi connectivity index (χ2n) is 17.3. The van der Waals surface area contributed by atoms with Gasteiger partial charge in [0.15, 0.2) is 17.7 Å². The number of carbonyl (C=O) groups is 4. The smallest absolute Gasteiger partial charge is 0.410 e. The topological polar surface area (TPSA) is 148 Å². The van der Waals surface area contributed by atoms with E-state index in [0.29, 0.717) is 32.4 Å². The van der Waals surface area contributed by atoms with Crippen molar-refractivity contribution in [2.45, 2.75) is 136 Å². The van der Waals surface area contributed by atoms with Gasteiger partial charge < -0.3 is 29.0 Å². The van der Waals surface area contributed by atoms with Crippen LogP contribution in [0.3, 0.4) is 0 Å². The molecule has 3 fully saturated rings. The predicted molar refractivity (Wildman–Crippen MR) is 216 cm³/mol. The van der Waals surface area contributed by atoms with Crippen LogP contribution in [-0.4, -0.2) is 131 Å². The van der Waals surface area contributed by atoms with Crippen LogP contribution in [0.15, 0.2) is 36.4 Å². The van der Waals surface area contributed by atoms with E-state index in [9.17, 15) is 24.3 Å². The number of aromatic nitrogens is 1. The van der Waals surface area contributed by atoms with Gasteiger partial charge in [-0.3, -0.25) is 29.2 Å². The number of esters is 1. The number of hydrogen-bond acceptors (Lipinski definition) is 12. The first-order chi connectivity index (χ1) is 26.9. The van der Waals surface area contributed by atoms with Crippen LogP contribution >= 0.6 is 0 Å². The maximum absolute atomic E-state index is 14.7.